The molecule has 1 aliphatic carbocycles. The van der Waals surface area contributed by atoms with Crippen molar-refractivity contribution in [2.75, 3.05) is 13.1 Å². The summed E-state index contributed by atoms with van der Waals surface area (Å²) >= 11 is 0. The zero-order valence-electron chi connectivity index (χ0n) is 11.5. The fourth-order valence-electron chi connectivity index (χ4n) is 2.45. The highest BCUT2D eigenvalue weighted by Crippen LogP contribution is 2.23. The second kappa shape index (κ2) is 7.05. The molecule has 5 nitrogen and oxygen atoms in total. The quantitative estimate of drug-likeness (QED) is 0.690. The standard InChI is InChI=1S/C15H21N3O2/c16-13-7-6-12(10-13)15(20)18-9-8-17-14(19)11-4-2-1-3-5-11/h1-5,12-13H,6-10,16H2,(H,17,19)(H,18,20). The van der Waals surface area contributed by atoms with Crippen molar-refractivity contribution in [2.24, 2.45) is 11.7 Å². The molecule has 0 saturated heterocycles. The molecule has 2 atom stereocenters. The molecule has 0 heterocycles. The number of carbonyl (C=O) groups is 2. The van der Waals surface area contributed by atoms with Crippen LogP contribution < -0.4 is 16.4 Å². The maximum atomic E-state index is 11.8. The van der Waals surface area contributed by atoms with Crippen molar-refractivity contribution in [1.29, 1.82) is 0 Å². The molecule has 0 spiro atoms. The zero-order chi connectivity index (χ0) is 14.4. The topological polar surface area (TPSA) is 84.2 Å². The molecule has 4 N–H and O–H groups in total. The highest BCUT2D eigenvalue weighted by atomic mass is 16.2. The molecular formula is C15H21N3O2. The molecule has 1 saturated carbocycles. The van der Waals surface area contributed by atoms with Crippen LogP contribution in [-0.2, 0) is 4.79 Å². The Morgan fingerprint density at radius 1 is 1.10 bits per heavy atom. The average molecular weight is 275 g/mol. The van der Waals surface area contributed by atoms with Crippen molar-refractivity contribution < 1.29 is 9.59 Å². The second-order valence-corrected chi connectivity index (χ2v) is 5.18. The molecule has 2 amide bonds. The summed E-state index contributed by atoms with van der Waals surface area (Å²) in [4.78, 5) is 23.6. The number of amides is 2. The van der Waals surface area contributed by atoms with E-state index >= 15 is 0 Å². The Kier molecular flexibility index (Phi) is 5.12. The Balaban J connectivity index is 1.64. The largest absolute Gasteiger partial charge is 0.354 e. The van der Waals surface area contributed by atoms with Crippen LogP contribution in [0.15, 0.2) is 30.3 Å². The van der Waals surface area contributed by atoms with Gasteiger partial charge in [0.05, 0.1) is 0 Å². The SMILES string of the molecule is NC1CCC(C(=O)NCCNC(=O)c2ccccc2)C1. The lowest BCUT2D eigenvalue weighted by Gasteiger charge is -2.11. The fraction of sp³-hybridized carbons (Fsp3) is 0.467. The van der Waals surface area contributed by atoms with E-state index < -0.39 is 0 Å². The van der Waals surface area contributed by atoms with E-state index in [9.17, 15) is 9.59 Å². The lowest BCUT2D eigenvalue weighted by atomic mass is 10.1. The minimum atomic E-state index is -0.122. The average Bonchev–Trinajstić information content (AvgIpc) is 2.91. The van der Waals surface area contributed by atoms with Gasteiger partial charge >= 0.3 is 0 Å². The van der Waals surface area contributed by atoms with Gasteiger partial charge in [-0.2, -0.15) is 0 Å². The van der Waals surface area contributed by atoms with Crippen LogP contribution in [0, 0.1) is 5.92 Å². The molecule has 5 heteroatoms. The van der Waals surface area contributed by atoms with Gasteiger partial charge in [-0.05, 0) is 31.4 Å². The number of nitrogens with one attached hydrogen (secondary N) is 2. The van der Waals surface area contributed by atoms with Crippen molar-refractivity contribution in [1.82, 2.24) is 10.6 Å². The highest BCUT2D eigenvalue weighted by Gasteiger charge is 2.27. The minimum Gasteiger partial charge on any atom is -0.354 e. The number of carbonyl (C=O) groups excluding carboxylic acids is 2. The van der Waals surface area contributed by atoms with Crippen LogP contribution in [0.3, 0.4) is 0 Å². The maximum absolute atomic E-state index is 11.8. The summed E-state index contributed by atoms with van der Waals surface area (Å²) in [6.07, 6.45) is 2.55. The first-order valence-electron chi connectivity index (χ1n) is 7.03. The van der Waals surface area contributed by atoms with Gasteiger partial charge in [0.25, 0.3) is 5.91 Å². The summed E-state index contributed by atoms with van der Waals surface area (Å²) in [5.74, 6) is -0.0375. The van der Waals surface area contributed by atoms with E-state index in [1.165, 1.54) is 0 Å². The molecule has 1 aromatic carbocycles. The molecule has 0 aliphatic heterocycles. The van der Waals surface area contributed by atoms with E-state index in [4.69, 9.17) is 5.73 Å². The lowest BCUT2D eigenvalue weighted by Crippen LogP contribution is -2.37. The third kappa shape index (κ3) is 4.06. The van der Waals surface area contributed by atoms with Gasteiger partial charge in [0.15, 0.2) is 0 Å². The number of hydrogen-bond acceptors (Lipinski definition) is 3. The summed E-state index contributed by atoms with van der Waals surface area (Å²) < 4.78 is 0. The van der Waals surface area contributed by atoms with Crippen molar-refractivity contribution >= 4 is 11.8 Å². The van der Waals surface area contributed by atoms with Crippen LogP contribution in [0.4, 0.5) is 0 Å². The molecule has 2 unspecified atom stereocenters. The number of nitrogens with two attached hydrogens (primary N) is 1. The van der Waals surface area contributed by atoms with Crippen molar-refractivity contribution in [3.05, 3.63) is 35.9 Å². The maximum Gasteiger partial charge on any atom is 0.251 e. The molecule has 1 fully saturated rings. The Labute approximate surface area is 118 Å². The molecule has 0 radical (unpaired) electrons. The Bertz CT molecular complexity index is 461. The second-order valence-electron chi connectivity index (χ2n) is 5.18. The van der Waals surface area contributed by atoms with Crippen LogP contribution in [0.5, 0.6) is 0 Å². The van der Waals surface area contributed by atoms with Gasteiger partial charge in [-0.1, -0.05) is 18.2 Å². The molecular weight excluding hydrogens is 254 g/mol. The molecule has 2 rings (SSSR count). The van der Waals surface area contributed by atoms with Crippen LogP contribution in [-0.4, -0.2) is 30.9 Å². The van der Waals surface area contributed by atoms with Crippen LogP contribution in [0.25, 0.3) is 0 Å². The monoisotopic (exact) mass is 275 g/mol. The smallest absolute Gasteiger partial charge is 0.251 e. The van der Waals surface area contributed by atoms with Gasteiger partial charge in [-0.25, -0.2) is 0 Å². The summed E-state index contributed by atoms with van der Waals surface area (Å²) in [6.45, 7) is 0.876. The van der Waals surface area contributed by atoms with Gasteiger partial charge in [-0.15, -0.1) is 0 Å². The number of benzene rings is 1. The van der Waals surface area contributed by atoms with Crippen molar-refractivity contribution in [3.63, 3.8) is 0 Å². The van der Waals surface area contributed by atoms with Crippen molar-refractivity contribution in [2.45, 2.75) is 25.3 Å². The molecule has 108 valence electrons. The third-order valence-electron chi connectivity index (χ3n) is 3.59. The molecule has 0 bridgehead atoms. The summed E-state index contributed by atoms with van der Waals surface area (Å²) in [7, 11) is 0. The molecule has 0 aromatic heterocycles. The van der Waals surface area contributed by atoms with Crippen molar-refractivity contribution in [3.8, 4) is 0 Å². The van der Waals surface area contributed by atoms with Gasteiger partial charge in [0.1, 0.15) is 0 Å². The molecule has 20 heavy (non-hydrogen) atoms. The predicted octanol–water partition coefficient (Wildman–Crippen LogP) is 0.660. The molecule has 1 aliphatic rings. The van der Waals surface area contributed by atoms with Crippen LogP contribution in [0.2, 0.25) is 0 Å². The third-order valence-corrected chi connectivity index (χ3v) is 3.59. The van der Waals surface area contributed by atoms with Gasteiger partial charge in [0, 0.05) is 30.6 Å². The normalized spacial score (nSPS) is 21.4. The van der Waals surface area contributed by atoms with E-state index in [-0.39, 0.29) is 23.8 Å². The van der Waals surface area contributed by atoms with E-state index in [0.717, 1.165) is 19.3 Å². The summed E-state index contributed by atoms with van der Waals surface area (Å²) in [6, 6.07) is 9.17. The molecule has 1 aromatic rings. The number of hydrogen-bond donors (Lipinski definition) is 3. The van der Waals surface area contributed by atoms with Gasteiger partial charge < -0.3 is 16.4 Å². The van der Waals surface area contributed by atoms with E-state index in [1.807, 2.05) is 18.2 Å². The van der Waals surface area contributed by atoms with Gasteiger partial charge in [0.2, 0.25) is 5.91 Å². The van der Waals surface area contributed by atoms with Gasteiger partial charge in [-0.3, -0.25) is 9.59 Å². The lowest BCUT2D eigenvalue weighted by molar-refractivity contribution is -0.124. The first-order chi connectivity index (χ1) is 9.66. The number of rotatable bonds is 5. The minimum absolute atomic E-state index is 0.0369. The van der Waals surface area contributed by atoms with E-state index in [0.29, 0.717) is 18.7 Å². The first kappa shape index (κ1) is 14.5. The summed E-state index contributed by atoms with van der Waals surface area (Å²) in [5, 5.41) is 5.62. The zero-order valence-corrected chi connectivity index (χ0v) is 11.5. The fourth-order valence-corrected chi connectivity index (χ4v) is 2.45. The van der Waals surface area contributed by atoms with Crippen LogP contribution >= 0.6 is 0 Å². The van der Waals surface area contributed by atoms with Crippen LogP contribution in [0.1, 0.15) is 29.6 Å². The van der Waals surface area contributed by atoms with E-state index in [1.54, 1.807) is 12.1 Å². The van der Waals surface area contributed by atoms with E-state index in [2.05, 4.69) is 10.6 Å². The Morgan fingerprint density at radius 3 is 2.45 bits per heavy atom. The Hall–Kier alpha value is -1.88. The summed E-state index contributed by atoms with van der Waals surface area (Å²) in [5.41, 5.74) is 6.41. The first-order valence-corrected chi connectivity index (χ1v) is 7.03. The predicted molar refractivity (Wildman–Crippen MR) is 77.1 cm³/mol. The Morgan fingerprint density at radius 2 is 1.80 bits per heavy atom. The highest BCUT2D eigenvalue weighted by molar-refractivity contribution is 5.94.